The lowest BCUT2D eigenvalue weighted by Crippen LogP contribution is -2.70. The predicted octanol–water partition coefficient (Wildman–Crippen LogP) is 3.40. The van der Waals surface area contributed by atoms with Crippen molar-refractivity contribution in [2.75, 3.05) is 19.7 Å². The number of aromatic nitrogens is 1. The number of benzene rings is 1. The summed E-state index contributed by atoms with van der Waals surface area (Å²) >= 11 is 0. The Morgan fingerprint density at radius 1 is 1.44 bits per heavy atom. The number of aromatic amines is 1. The highest BCUT2D eigenvalue weighted by atomic mass is 16.5. The number of carbonyl (C=O) groups excluding carboxylic acids is 1. The van der Waals surface area contributed by atoms with E-state index in [1.54, 1.807) is 0 Å². The molecule has 2 atom stereocenters. The van der Waals surface area contributed by atoms with Crippen molar-refractivity contribution in [2.45, 2.75) is 45.3 Å². The topological polar surface area (TPSA) is 54.6 Å². The lowest BCUT2D eigenvalue weighted by molar-refractivity contribution is -0.222. The Labute approximate surface area is 147 Å². The maximum Gasteiger partial charge on any atom is 0.340 e. The minimum atomic E-state index is -0.242. The van der Waals surface area contributed by atoms with Gasteiger partial charge in [-0.05, 0) is 45.2 Å². The van der Waals surface area contributed by atoms with Gasteiger partial charge < -0.3 is 14.5 Å². The van der Waals surface area contributed by atoms with Crippen LogP contribution in [0, 0.1) is 12.8 Å². The molecule has 0 radical (unpaired) electrons. The number of carbonyl (C=O) groups is 1. The highest BCUT2D eigenvalue weighted by molar-refractivity contribution is 6.07. The summed E-state index contributed by atoms with van der Waals surface area (Å²) in [6.07, 6.45) is 4.53. The van der Waals surface area contributed by atoms with Crippen LogP contribution in [-0.2, 0) is 11.2 Å². The molecule has 5 nitrogen and oxygen atoms in total. The molecule has 0 saturated carbocycles. The molecular formula is C20H24N2O3. The second-order valence-electron chi connectivity index (χ2n) is 7.54. The van der Waals surface area contributed by atoms with Gasteiger partial charge in [-0.3, -0.25) is 4.90 Å². The molecule has 1 aromatic heterocycles. The maximum atomic E-state index is 12.5. The van der Waals surface area contributed by atoms with Gasteiger partial charge in [-0.15, -0.1) is 0 Å². The van der Waals surface area contributed by atoms with Crippen LogP contribution in [0.15, 0.2) is 12.1 Å². The molecule has 2 saturated heterocycles. The van der Waals surface area contributed by atoms with Crippen LogP contribution in [0.1, 0.15) is 47.8 Å². The van der Waals surface area contributed by atoms with Gasteiger partial charge in [0.15, 0.2) is 5.72 Å². The fourth-order valence-corrected chi connectivity index (χ4v) is 5.13. The molecule has 2 aromatic rings. The Morgan fingerprint density at radius 2 is 2.32 bits per heavy atom. The Hall–Kier alpha value is -2.01. The van der Waals surface area contributed by atoms with E-state index >= 15 is 0 Å². The molecule has 5 rings (SSSR count). The Balaban J connectivity index is 1.67. The number of rotatable bonds is 2. The van der Waals surface area contributed by atoms with Crippen molar-refractivity contribution in [3.05, 3.63) is 29.0 Å². The quantitative estimate of drug-likeness (QED) is 0.852. The van der Waals surface area contributed by atoms with Crippen LogP contribution in [0.4, 0.5) is 0 Å². The lowest BCUT2D eigenvalue weighted by atomic mass is 9.72. The van der Waals surface area contributed by atoms with E-state index in [2.05, 4.69) is 16.0 Å². The molecule has 5 heteroatoms. The monoisotopic (exact) mass is 340 g/mol. The van der Waals surface area contributed by atoms with Crippen molar-refractivity contribution >= 4 is 16.9 Å². The SMILES string of the molecule is CCOC(=O)c1c(C)[nH]c2ccc3c(c12)CC1CCCN2CCC12O3. The normalized spacial score (nSPS) is 27.7. The van der Waals surface area contributed by atoms with Crippen molar-refractivity contribution in [1.82, 2.24) is 9.88 Å². The van der Waals surface area contributed by atoms with Crippen molar-refractivity contribution in [2.24, 2.45) is 5.92 Å². The van der Waals surface area contributed by atoms with Crippen LogP contribution in [-0.4, -0.2) is 41.3 Å². The fourth-order valence-electron chi connectivity index (χ4n) is 5.13. The van der Waals surface area contributed by atoms with Crippen molar-refractivity contribution in [3.63, 3.8) is 0 Å². The van der Waals surface area contributed by atoms with Gasteiger partial charge in [0.1, 0.15) is 5.75 Å². The van der Waals surface area contributed by atoms with Crippen molar-refractivity contribution in [1.29, 1.82) is 0 Å². The van der Waals surface area contributed by atoms with Crippen LogP contribution >= 0.6 is 0 Å². The molecule has 2 unspecified atom stereocenters. The number of hydrogen-bond donors (Lipinski definition) is 1. The van der Waals surface area contributed by atoms with E-state index in [9.17, 15) is 4.79 Å². The zero-order chi connectivity index (χ0) is 17.2. The summed E-state index contributed by atoms with van der Waals surface area (Å²) < 4.78 is 11.9. The third-order valence-electron chi connectivity index (χ3n) is 6.33. The molecule has 2 fully saturated rings. The summed E-state index contributed by atoms with van der Waals surface area (Å²) in [6, 6.07) is 4.10. The second-order valence-corrected chi connectivity index (χ2v) is 7.54. The summed E-state index contributed by atoms with van der Waals surface area (Å²) in [5.74, 6) is 1.21. The van der Waals surface area contributed by atoms with E-state index < -0.39 is 0 Å². The van der Waals surface area contributed by atoms with Crippen LogP contribution in [0.2, 0.25) is 0 Å². The lowest BCUT2D eigenvalue weighted by Gasteiger charge is -2.60. The van der Waals surface area contributed by atoms with E-state index in [4.69, 9.17) is 9.47 Å². The first-order chi connectivity index (χ1) is 12.1. The summed E-state index contributed by atoms with van der Waals surface area (Å²) in [5, 5.41) is 1.000. The van der Waals surface area contributed by atoms with Gasteiger partial charge in [0.05, 0.1) is 12.2 Å². The highest BCUT2D eigenvalue weighted by Gasteiger charge is 2.56. The van der Waals surface area contributed by atoms with Gasteiger partial charge in [0.25, 0.3) is 0 Å². The molecule has 0 amide bonds. The Morgan fingerprint density at radius 3 is 3.08 bits per heavy atom. The molecular weight excluding hydrogens is 316 g/mol. The van der Waals surface area contributed by atoms with Crippen molar-refractivity contribution in [3.8, 4) is 5.75 Å². The Kier molecular flexibility index (Phi) is 3.20. The van der Waals surface area contributed by atoms with Gasteiger partial charge in [-0.25, -0.2) is 4.79 Å². The molecule has 1 N–H and O–H groups in total. The minimum Gasteiger partial charge on any atom is -0.472 e. The first kappa shape index (κ1) is 15.3. The number of hydrogen-bond acceptors (Lipinski definition) is 4. The number of ether oxygens (including phenoxy) is 2. The van der Waals surface area contributed by atoms with Crippen LogP contribution in [0.5, 0.6) is 5.75 Å². The van der Waals surface area contributed by atoms with Crippen LogP contribution < -0.4 is 4.74 Å². The summed E-state index contributed by atoms with van der Waals surface area (Å²) in [5.41, 5.74) is 3.63. The number of esters is 1. The van der Waals surface area contributed by atoms with Crippen molar-refractivity contribution < 1.29 is 14.3 Å². The second kappa shape index (κ2) is 5.24. The van der Waals surface area contributed by atoms with E-state index in [-0.39, 0.29) is 11.7 Å². The average molecular weight is 340 g/mol. The standard InChI is InChI=1S/C20H24N2O3/c1-3-24-19(23)17-12(2)21-15-6-7-16-14(18(15)17)11-13-5-4-9-22-10-8-20(13,22)25-16/h6-7,13,21H,3-5,8-11H2,1-2H3. The molecule has 132 valence electrons. The third kappa shape index (κ3) is 1.96. The number of H-pyrrole nitrogens is 1. The zero-order valence-electron chi connectivity index (χ0n) is 14.9. The number of aryl methyl sites for hydroxylation is 1. The van der Waals surface area contributed by atoms with E-state index in [1.807, 2.05) is 19.9 Å². The number of fused-ring (bicyclic) bond motifs is 3. The van der Waals surface area contributed by atoms with E-state index in [1.165, 1.54) is 18.4 Å². The van der Waals surface area contributed by atoms with Gasteiger partial charge in [0.2, 0.25) is 0 Å². The third-order valence-corrected chi connectivity index (χ3v) is 6.33. The number of piperidine rings is 1. The smallest absolute Gasteiger partial charge is 0.340 e. The van der Waals surface area contributed by atoms with Crippen LogP contribution in [0.3, 0.4) is 0 Å². The molecule has 25 heavy (non-hydrogen) atoms. The largest absolute Gasteiger partial charge is 0.472 e. The number of nitrogens with one attached hydrogen (secondary N) is 1. The highest BCUT2D eigenvalue weighted by Crippen LogP contribution is 2.51. The van der Waals surface area contributed by atoms with Gasteiger partial charge >= 0.3 is 5.97 Å². The fraction of sp³-hybridized carbons (Fsp3) is 0.550. The maximum absolute atomic E-state index is 12.5. The molecule has 1 spiro atoms. The first-order valence-corrected chi connectivity index (χ1v) is 9.39. The zero-order valence-corrected chi connectivity index (χ0v) is 14.9. The molecule has 3 aliphatic rings. The summed E-state index contributed by atoms with van der Waals surface area (Å²) in [6.45, 7) is 6.46. The summed E-state index contributed by atoms with van der Waals surface area (Å²) in [7, 11) is 0. The minimum absolute atomic E-state index is 0.0889. The van der Waals surface area contributed by atoms with Gasteiger partial charge in [0, 0.05) is 47.6 Å². The molecule has 3 aliphatic heterocycles. The van der Waals surface area contributed by atoms with Gasteiger partial charge in [-0.2, -0.15) is 0 Å². The molecule has 1 aromatic carbocycles. The Bertz CT molecular complexity index is 871. The molecule has 0 aliphatic carbocycles. The van der Waals surface area contributed by atoms with Crippen LogP contribution in [0.25, 0.3) is 10.9 Å². The molecule has 4 heterocycles. The first-order valence-electron chi connectivity index (χ1n) is 9.39. The summed E-state index contributed by atoms with van der Waals surface area (Å²) in [4.78, 5) is 18.4. The van der Waals surface area contributed by atoms with Gasteiger partial charge in [-0.1, -0.05) is 0 Å². The van der Waals surface area contributed by atoms with E-state index in [0.29, 0.717) is 18.1 Å². The number of nitrogens with zero attached hydrogens (tertiary/aromatic N) is 1. The predicted molar refractivity (Wildman–Crippen MR) is 95.0 cm³/mol. The van der Waals surface area contributed by atoms with E-state index in [0.717, 1.165) is 48.3 Å². The molecule has 0 bridgehead atoms. The average Bonchev–Trinajstić information content (AvgIpc) is 2.92.